The molecule has 0 bridgehead atoms. The number of hydrogen-bond donors (Lipinski definition) is 0. The molecule has 100 valence electrons. The van der Waals surface area contributed by atoms with Crippen molar-refractivity contribution in [1.82, 2.24) is 0 Å². The van der Waals surface area contributed by atoms with Gasteiger partial charge in [-0.1, -0.05) is 6.92 Å². The molecule has 0 saturated heterocycles. The number of thioether (sulfide) groups is 1. The lowest BCUT2D eigenvalue weighted by atomic mass is 10.2. The third-order valence-electron chi connectivity index (χ3n) is 1.78. The van der Waals surface area contributed by atoms with Gasteiger partial charge in [0.25, 0.3) is 0 Å². The summed E-state index contributed by atoms with van der Waals surface area (Å²) >= 11 is 1.10. The quantitative estimate of drug-likeness (QED) is 0.686. The van der Waals surface area contributed by atoms with Gasteiger partial charge in [0.1, 0.15) is 6.10 Å². The minimum atomic E-state index is -0.673. The van der Waals surface area contributed by atoms with Gasteiger partial charge in [-0.3, -0.25) is 0 Å². The minimum Gasteiger partial charge on any atom is -0.458 e. The molecule has 0 aliphatic carbocycles. The topological polar surface area (TPSA) is 61.8 Å². The fraction of sp³-hybridized carbons (Fsp3) is 0.818. The van der Waals surface area contributed by atoms with Crippen LogP contribution in [-0.4, -0.2) is 36.0 Å². The zero-order chi connectivity index (χ0) is 13.3. The summed E-state index contributed by atoms with van der Waals surface area (Å²) in [5, 5.41) is -0.276. The molecule has 0 amide bonds. The summed E-state index contributed by atoms with van der Waals surface area (Å²) in [5.41, 5.74) is 0. The number of carbonyl (C=O) groups excluding carboxylic acids is 2. The van der Waals surface area contributed by atoms with Gasteiger partial charge in [-0.15, -0.1) is 0 Å². The highest BCUT2D eigenvalue weighted by Crippen LogP contribution is 2.19. The van der Waals surface area contributed by atoms with Crippen molar-refractivity contribution in [3.63, 3.8) is 0 Å². The van der Waals surface area contributed by atoms with Gasteiger partial charge in [-0.2, -0.15) is 0 Å². The van der Waals surface area contributed by atoms with Crippen LogP contribution in [0, 0.1) is 0 Å². The van der Waals surface area contributed by atoms with Crippen LogP contribution in [0.3, 0.4) is 0 Å². The molecule has 17 heavy (non-hydrogen) atoms. The van der Waals surface area contributed by atoms with Crippen LogP contribution in [0.5, 0.6) is 0 Å². The Hall–Kier alpha value is -0.910. The van der Waals surface area contributed by atoms with Crippen LogP contribution in [0.1, 0.15) is 34.1 Å². The maximum atomic E-state index is 11.2. The summed E-state index contributed by atoms with van der Waals surface area (Å²) in [4.78, 5) is 22.2. The van der Waals surface area contributed by atoms with Gasteiger partial charge in [-0.25, -0.2) is 9.59 Å². The molecule has 0 rings (SSSR count). The molecule has 0 aliphatic heterocycles. The van der Waals surface area contributed by atoms with E-state index in [0.717, 1.165) is 11.8 Å². The highest BCUT2D eigenvalue weighted by atomic mass is 32.2. The van der Waals surface area contributed by atoms with E-state index < -0.39 is 6.16 Å². The fourth-order valence-corrected chi connectivity index (χ4v) is 2.08. The first kappa shape index (κ1) is 16.1. The summed E-state index contributed by atoms with van der Waals surface area (Å²) < 4.78 is 14.4. The Bertz CT molecular complexity index is 220. The van der Waals surface area contributed by atoms with Crippen molar-refractivity contribution in [3.05, 3.63) is 0 Å². The molecule has 0 aliphatic rings. The predicted molar refractivity (Wildman–Crippen MR) is 66.3 cm³/mol. The Morgan fingerprint density at radius 3 is 2.24 bits per heavy atom. The zero-order valence-corrected chi connectivity index (χ0v) is 11.5. The van der Waals surface area contributed by atoms with E-state index in [2.05, 4.69) is 4.74 Å². The van der Waals surface area contributed by atoms with Crippen LogP contribution in [0.25, 0.3) is 0 Å². The van der Waals surface area contributed by atoms with E-state index in [9.17, 15) is 9.59 Å². The van der Waals surface area contributed by atoms with Crippen molar-refractivity contribution in [3.8, 4) is 0 Å². The number of hydrogen-bond acceptors (Lipinski definition) is 6. The van der Waals surface area contributed by atoms with Gasteiger partial charge in [0.2, 0.25) is 0 Å². The van der Waals surface area contributed by atoms with E-state index in [1.807, 2.05) is 6.92 Å². The maximum Gasteiger partial charge on any atom is 0.508 e. The van der Waals surface area contributed by atoms with Crippen LogP contribution >= 0.6 is 11.8 Å². The van der Waals surface area contributed by atoms with Gasteiger partial charge < -0.3 is 14.2 Å². The minimum absolute atomic E-state index is 0.0264. The molecule has 5 nitrogen and oxygen atoms in total. The zero-order valence-electron chi connectivity index (χ0n) is 10.7. The van der Waals surface area contributed by atoms with E-state index in [4.69, 9.17) is 9.47 Å². The first-order valence-corrected chi connectivity index (χ1v) is 6.54. The molecule has 2 unspecified atom stereocenters. The molecule has 0 spiro atoms. The second kappa shape index (κ2) is 9.15. The number of carbonyl (C=O) groups is 2. The fourth-order valence-electron chi connectivity index (χ4n) is 1.20. The normalized spacial score (nSPS) is 13.6. The Morgan fingerprint density at radius 1 is 1.12 bits per heavy atom. The largest absolute Gasteiger partial charge is 0.508 e. The third kappa shape index (κ3) is 8.85. The van der Waals surface area contributed by atoms with Crippen molar-refractivity contribution < 1.29 is 23.8 Å². The molecule has 2 atom stereocenters. The average Bonchev–Trinajstić information content (AvgIpc) is 2.16. The van der Waals surface area contributed by atoms with Crippen molar-refractivity contribution in [2.45, 2.75) is 45.5 Å². The first-order valence-electron chi connectivity index (χ1n) is 5.66. The van der Waals surface area contributed by atoms with E-state index in [1.54, 1.807) is 20.8 Å². The Kier molecular flexibility index (Phi) is 8.66. The smallest absolute Gasteiger partial charge is 0.458 e. The highest BCUT2D eigenvalue weighted by Gasteiger charge is 2.17. The van der Waals surface area contributed by atoms with Crippen LogP contribution in [0.2, 0.25) is 0 Å². The summed E-state index contributed by atoms with van der Waals surface area (Å²) in [5.74, 6) is 0. The summed E-state index contributed by atoms with van der Waals surface area (Å²) in [6.45, 7) is 7.78. The maximum absolute atomic E-state index is 11.2. The first-order chi connectivity index (χ1) is 7.99. The van der Waals surface area contributed by atoms with Gasteiger partial charge in [-0.05, 0) is 39.0 Å². The van der Waals surface area contributed by atoms with E-state index in [1.165, 1.54) is 0 Å². The SMILES string of the molecule is CCOC(=O)OC(C)CC(C)SC(=O)OCC. The van der Waals surface area contributed by atoms with Crippen LogP contribution in [-0.2, 0) is 14.2 Å². The number of rotatable bonds is 6. The average molecular weight is 264 g/mol. The molecule has 0 aromatic rings. The lowest BCUT2D eigenvalue weighted by Crippen LogP contribution is -2.20. The lowest BCUT2D eigenvalue weighted by Gasteiger charge is -2.16. The van der Waals surface area contributed by atoms with Gasteiger partial charge in [0, 0.05) is 5.25 Å². The Morgan fingerprint density at radius 2 is 1.71 bits per heavy atom. The van der Waals surface area contributed by atoms with Gasteiger partial charge in [0.05, 0.1) is 13.2 Å². The van der Waals surface area contributed by atoms with E-state index in [-0.39, 0.29) is 16.7 Å². The van der Waals surface area contributed by atoms with Crippen molar-refractivity contribution in [2.24, 2.45) is 0 Å². The van der Waals surface area contributed by atoms with Crippen molar-refractivity contribution in [1.29, 1.82) is 0 Å². The molecular weight excluding hydrogens is 244 g/mol. The van der Waals surface area contributed by atoms with Crippen molar-refractivity contribution >= 4 is 23.2 Å². The summed E-state index contributed by atoms with van der Waals surface area (Å²) in [7, 11) is 0. The van der Waals surface area contributed by atoms with Crippen LogP contribution in [0.15, 0.2) is 0 Å². The van der Waals surface area contributed by atoms with Crippen LogP contribution in [0.4, 0.5) is 9.59 Å². The van der Waals surface area contributed by atoms with Crippen LogP contribution < -0.4 is 0 Å². The van der Waals surface area contributed by atoms with Crippen molar-refractivity contribution in [2.75, 3.05) is 13.2 Å². The van der Waals surface area contributed by atoms with E-state index in [0.29, 0.717) is 19.6 Å². The molecule has 6 heteroatoms. The number of ether oxygens (including phenoxy) is 3. The Balaban J connectivity index is 3.82. The van der Waals surface area contributed by atoms with E-state index >= 15 is 0 Å². The molecule has 0 aromatic heterocycles. The lowest BCUT2D eigenvalue weighted by molar-refractivity contribution is 0.0300. The highest BCUT2D eigenvalue weighted by molar-refractivity contribution is 8.13. The molecule has 0 heterocycles. The molecular formula is C11H20O5S. The monoisotopic (exact) mass is 264 g/mol. The molecule has 0 N–H and O–H groups in total. The van der Waals surface area contributed by atoms with Gasteiger partial charge in [0.15, 0.2) is 0 Å². The Labute approximate surface area is 106 Å². The second-order valence-electron chi connectivity index (χ2n) is 3.46. The molecule has 0 saturated carbocycles. The summed E-state index contributed by atoms with van der Waals surface area (Å²) in [6.07, 6.45) is -0.387. The standard InChI is InChI=1S/C11H20O5S/c1-5-14-10(12)16-8(3)7-9(4)17-11(13)15-6-2/h8-9H,5-7H2,1-4H3. The molecule has 0 radical (unpaired) electrons. The second-order valence-corrected chi connectivity index (χ2v) is 4.83. The third-order valence-corrected chi connectivity index (χ3v) is 2.69. The summed E-state index contributed by atoms with van der Waals surface area (Å²) in [6, 6.07) is 0. The molecule has 0 aromatic carbocycles. The predicted octanol–water partition coefficient (Wildman–Crippen LogP) is 3.22. The molecule has 0 fully saturated rings. The van der Waals surface area contributed by atoms with Gasteiger partial charge >= 0.3 is 11.5 Å².